The molecular weight excluding hydrogens is 474 g/mol. The summed E-state index contributed by atoms with van der Waals surface area (Å²) in [5, 5.41) is 7.83. The van der Waals surface area contributed by atoms with Gasteiger partial charge in [0.1, 0.15) is 0 Å². The van der Waals surface area contributed by atoms with Crippen molar-refractivity contribution in [2.24, 2.45) is 0 Å². The van der Waals surface area contributed by atoms with Gasteiger partial charge in [0.2, 0.25) is 9.84 Å². The lowest BCUT2D eigenvalue weighted by Crippen LogP contribution is -2.02. The molecule has 0 fully saturated rings. The van der Waals surface area contributed by atoms with E-state index in [1.807, 2.05) is 36.4 Å². The van der Waals surface area contributed by atoms with Crippen molar-refractivity contribution in [1.29, 1.82) is 0 Å². The molecule has 3 nitrogen and oxygen atoms in total. The van der Waals surface area contributed by atoms with Crippen LogP contribution in [0.15, 0.2) is 137 Å². The number of para-hydroxylation sites is 1. The van der Waals surface area contributed by atoms with Crippen molar-refractivity contribution in [3.8, 4) is 11.3 Å². The molecule has 0 amide bonds. The Morgan fingerprint density at radius 2 is 1.00 bits per heavy atom. The van der Waals surface area contributed by atoms with Crippen molar-refractivity contribution >= 4 is 53.1 Å². The van der Waals surface area contributed by atoms with Gasteiger partial charge in [-0.15, -0.1) is 0 Å². The molecule has 7 aromatic rings. The SMILES string of the molecule is O=S(=O)(c1ccccc1)c1cccc(-c2nc3ccccc3c3c4ccccc4c4ccccc4c23)c1. The first-order chi connectivity index (χ1) is 18.1. The molecule has 1 heterocycles. The fraction of sp³-hybridized carbons (Fsp3) is 0. The summed E-state index contributed by atoms with van der Waals surface area (Å²) in [7, 11) is -3.67. The van der Waals surface area contributed by atoms with Gasteiger partial charge in [0.25, 0.3) is 0 Å². The molecule has 176 valence electrons. The minimum atomic E-state index is -3.67. The Hall–Kier alpha value is -4.54. The van der Waals surface area contributed by atoms with E-state index in [0.717, 1.165) is 49.1 Å². The van der Waals surface area contributed by atoms with Gasteiger partial charge in [-0.2, -0.15) is 0 Å². The summed E-state index contributed by atoms with van der Waals surface area (Å²) < 4.78 is 26.9. The minimum Gasteiger partial charge on any atom is -0.247 e. The Balaban J connectivity index is 1.63. The van der Waals surface area contributed by atoms with Crippen molar-refractivity contribution in [2.75, 3.05) is 0 Å². The third kappa shape index (κ3) is 3.34. The Kier molecular flexibility index (Phi) is 4.85. The Morgan fingerprint density at radius 3 is 1.70 bits per heavy atom. The summed E-state index contributed by atoms with van der Waals surface area (Å²) in [6, 6.07) is 40.7. The van der Waals surface area contributed by atoms with Crippen molar-refractivity contribution in [2.45, 2.75) is 9.79 Å². The highest BCUT2D eigenvalue weighted by Gasteiger charge is 2.21. The van der Waals surface area contributed by atoms with Crippen molar-refractivity contribution < 1.29 is 8.42 Å². The van der Waals surface area contributed by atoms with Crippen molar-refractivity contribution in [3.63, 3.8) is 0 Å². The lowest BCUT2D eigenvalue weighted by Gasteiger charge is -2.16. The van der Waals surface area contributed by atoms with Gasteiger partial charge in [0, 0.05) is 21.7 Å². The number of hydrogen-bond donors (Lipinski definition) is 0. The molecular formula is C33H21NO2S. The van der Waals surface area contributed by atoms with Gasteiger partial charge >= 0.3 is 0 Å². The fourth-order valence-electron chi connectivity index (χ4n) is 5.38. The summed E-state index contributed by atoms with van der Waals surface area (Å²) in [5.41, 5.74) is 2.43. The molecule has 0 aliphatic heterocycles. The van der Waals surface area contributed by atoms with Gasteiger partial charge in [-0.25, -0.2) is 13.4 Å². The van der Waals surface area contributed by atoms with E-state index in [4.69, 9.17) is 4.98 Å². The van der Waals surface area contributed by atoms with Gasteiger partial charge < -0.3 is 0 Å². The van der Waals surface area contributed by atoms with Crippen LogP contribution in [0.3, 0.4) is 0 Å². The Morgan fingerprint density at radius 1 is 0.459 bits per heavy atom. The smallest absolute Gasteiger partial charge is 0.206 e. The van der Waals surface area contributed by atoms with E-state index in [1.165, 1.54) is 5.39 Å². The highest BCUT2D eigenvalue weighted by molar-refractivity contribution is 7.91. The first-order valence-electron chi connectivity index (χ1n) is 12.2. The predicted molar refractivity (Wildman–Crippen MR) is 152 cm³/mol. The number of hydrogen-bond acceptors (Lipinski definition) is 3. The van der Waals surface area contributed by atoms with Crippen LogP contribution in [-0.4, -0.2) is 13.4 Å². The maximum Gasteiger partial charge on any atom is 0.206 e. The molecule has 0 aliphatic rings. The highest BCUT2D eigenvalue weighted by atomic mass is 32.2. The number of pyridine rings is 1. The van der Waals surface area contributed by atoms with Gasteiger partial charge in [-0.3, -0.25) is 0 Å². The van der Waals surface area contributed by atoms with Gasteiger partial charge in [0.15, 0.2) is 0 Å². The molecule has 37 heavy (non-hydrogen) atoms. The monoisotopic (exact) mass is 495 g/mol. The maximum absolute atomic E-state index is 13.5. The average Bonchev–Trinajstić information content (AvgIpc) is 2.97. The first-order valence-corrected chi connectivity index (χ1v) is 13.6. The number of nitrogens with zero attached hydrogens (tertiary/aromatic N) is 1. The molecule has 7 rings (SSSR count). The zero-order valence-corrected chi connectivity index (χ0v) is 20.6. The van der Waals surface area contributed by atoms with Crippen LogP contribution in [0.4, 0.5) is 0 Å². The second-order valence-corrected chi connectivity index (χ2v) is 11.1. The van der Waals surface area contributed by atoms with Crippen LogP contribution in [0.25, 0.3) is 54.5 Å². The largest absolute Gasteiger partial charge is 0.247 e. The van der Waals surface area contributed by atoms with E-state index in [1.54, 1.807) is 42.5 Å². The second-order valence-electron chi connectivity index (χ2n) is 9.16. The third-order valence-electron chi connectivity index (χ3n) is 7.05. The van der Waals surface area contributed by atoms with Gasteiger partial charge in [-0.05, 0) is 51.9 Å². The standard InChI is InChI=1S/C33H21NO2S/c35-37(36,23-12-2-1-3-13-23)24-14-10-11-22(21-24)33-32-28-18-7-5-16-26(28)25-15-4-6-17-27(25)31(32)29-19-8-9-20-30(29)34-33/h1-21H. The van der Waals surface area contributed by atoms with Crippen molar-refractivity contribution in [3.05, 3.63) is 127 Å². The molecule has 6 aromatic carbocycles. The third-order valence-corrected chi connectivity index (χ3v) is 8.81. The molecule has 1 aromatic heterocycles. The van der Waals surface area contributed by atoms with E-state index in [2.05, 4.69) is 48.5 Å². The number of aromatic nitrogens is 1. The lowest BCUT2D eigenvalue weighted by atomic mass is 9.90. The van der Waals surface area contributed by atoms with Crippen molar-refractivity contribution in [1.82, 2.24) is 4.98 Å². The Bertz CT molecular complexity index is 2100. The molecule has 0 radical (unpaired) electrons. The van der Waals surface area contributed by atoms with Crippen LogP contribution in [-0.2, 0) is 9.84 Å². The maximum atomic E-state index is 13.5. The molecule has 0 saturated heterocycles. The number of sulfone groups is 1. The summed E-state index contributed by atoms with van der Waals surface area (Å²) in [5.74, 6) is 0. The Labute approximate surface area is 214 Å². The van der Waals surface area contributed by atoms with Gasteiger partial charge in [0.05, 0.1) is 21.0 Å². The van der Waals surface area contributed by atoms with E-state index in [9.17, 15) is 8.42 Å². The molecule has 4 heteroatoms. The molecule has 0 spiro atoms. The summed E-state index contributed by atoms with van der Waals surface area (Å²) in [6.45, 7) is 0. The van der Waals surface area contributed by atoms with E-state index in [0.29, 0.717) is 0 Å². The topological polar surface area (TPSA) is 47.0 Å². The van der Waals surface area contributed by atoms with E-state index >= 15 is 0 Å². The highest BCUT2D eigenvalue weighted by Crippen LogP contribution is 2.42. The molecule has 0 aliphatic carbocycles. The normalized spacial score (nSPS) is 12.0. The summed E-state index contributed by atoms with van der Waals surface area (Å²) in [6.07, 6.45) is 0. The fourth-order valence-corrected chi connectivity index (χ4v) is 6.71. The number of fused-ring (bicyclic) bond motifs is 8. The molecule has 0 bridgehead atoms. The predicted octanol–water partition coefficient (Wildman–Crippen LogP) is 8.19. The van der Waals surface area contributed by atoms with Crippen LogP contribution in [0, 0.1) is 0 Å². The molecule has 0 unspecified atom stereocenters. The average molecular weight is 496 g/mol. The van der Waals surface area contributed by atoms with Crippen LogP contribution in [0.2, 0.25) is 0 Å². The van der Waals surface area contributed by atoms with Gasteiger partial charge in [-0.1, -0.05) is 97.1 Å². The molecule has 0 N–H and O–H groups in total. The van der Waals surface area contributed by atoms with E-state index in [-0.39, 0.29) is 9.79 Å². The van der Waals surface area contributed by atoms with Crippen LogP contribution in [0.5, 0.6) is 0 Å². The molecule has 0 saturated carbocycles. The lowest BCUT2D eigenvalue weighted by molar-refractivity contribution is 0.596. The summed E-state index contributed by atoms with van der Waals surface area (Å²) in [4.78, 5) is 5.66. The van der Waals surface area contributed by atoms with Crippen LogP contribution < -0.4 is 0 Å². The second kappa shape index (κ2) is 8.26. The first kappa shape index (κ1) is 21.7. The number of benzene rings is 6. The van der Waals surface area contributed by atoms with Crippen LogP contribution in [0.1, 0.15) is 0 Å². The summed E-state index contributed by atoms with van der Waals surface area (Å²) >= 11 is 0. The molecule has 0 atom stereocenters. The minimum absolute atomic E-state index is 0.254. The zero-order chi connectivity index (χ0) is 25.0. The van der Waals surface area contributed by atoms with Crippen LogP contribution >= 0.6 is 0 Å². The zero-order valence-electron chi connectivity index (χ0n) is 19.8. The van der Waals surface area contributed by atoms with E-state index < -0.39 is 9.84 Å². The number of rotatable bonds is 3. The quantitative estimate of drug-likeness (QED) is 0.232.